The number of rotatable bonds is 4. The third-order valence-corrected chi connectivity index (χ3v) is 3.71. The molecule has 0 spiro atoms. The van der Waals surface area contributed by atoms with Crippen LogP contribution in [0.2, 0.25) is 0 Å². The first kappa shape index (κ1) is 13.4. The maximum Gasteiger partial charge on any atom is 0.0992 e. The SMILES string of the molecule is Cc1ccccc1C(C)Nc1ccccc1-n1ccnc1. The van der Waals surface area contributed by atoms with Gasteiger partial charge in [-0.3, -0.25) is 0 Å². The molecule has 3 heteroatoms. The van der Waals surface area contributed by atoms with Crippen molar-refractivity contribution in [3.8, 4) is 5.69 Å². The van der Waals surface area contributed by atoms with Crippen LogP contribution in [0.15, 0.2) is 67.3 Å². The van der Waals surface area contributed by atoms with Gasteiger partial charge in [-0.2, -0.15) is 0 Å². The van der Waals surface area contributed by atoms with Crippen molar-refractivity contribution >= 4 is 5.69 Å². The van der Waals surface area contributed by atoms with E-state index in [-0.39, 0.29) is 6.04 Å². The number of aromatic nitrogens is 2. The molecule has 0 bridgehead atoms. The van der Waals surface area contributed by atoms with Crippen LogP contribution in [0.1, 0.15) is 24.1 Å². The van der Waals surface area contributed by atoms with Crippen molar-refractivity contribution < 1.29 is 0 Å². The second kappa shape index (κ2) is 5.83. The molecule has 0 saturated heterocycles. The largest absolute Gasteiger partial charge is 0.377 e. The molecule has 1 unspecified atom stereocenters. The van der Waals surface area contributed by atoms with Gasteiger partial charge < -0.3 is 9.88 Å². The van der Waals surface area contributed by atoms with Crippen LogP contribution in [-0.2, 0) is 0 Å². The predicted molar refractivity (Wildman–Crippen MR) is 86.8 cm³/mol. The zero-order chi connectivity index (χ0) is 14.7. The van der Waals surface area contributed by atoms with E-state index in [2.05, 4.69) is 60.5 Å². The number of imidazole rings is 1. The average Bonchev–Trinajstić information content (AvgIpc) is 3.02. The summed E-state index contributed by atoms with van der Waals surface area (Å²) in [5.41, 5.74) is 4.83. The number of anilines is 1. The van der Waals surface area contributed by atoms with Gasteiger partial charge in [-0.1, -0.05) is 36.4 Å². The van der Waals surface area contributed by atoms with E-state index in [0.29, 0.717) is 0 Å². The van der Waals surface area contributed by atoms with Gasteiger partial charge in [0.2, 0.25) is 0 Å². The van der Waals surface area contributed by atoms with Crippen LogP contribution < -0.4 is 5.32 Å². The number of nitrogens with one attached hydrogen (secondary N) is 1. The lowest BCUT2D eigenvalue weighted by Crippen LogP contribution is -2.10. The molecule has 0 aliphatic rings. The van der Waals surface area contributed by atoms with E-state index in [0.717, 1.165) is 11.4 Å². The molecule has 3 rings (SSSR count). The highest BCUT2D eigenvalue weighted by molar-refractivity contribution is 5.62. The third-order valence-electron chi connectivity index (χ3n) is 3.71. The molecule has 106 valence electrons. The van der Waals surface area contributed by atoms with E-state index < -0.39 is 0 Å². The molecule has 1 atom stereocenters. The molecular weight excluding hydrogens is 258 g/mol. The Kier molecular flexibility index (Phi) is 3.73. The molecule has 2 aromatic carbocycles. The summed E-state index contributed by atoms with van der Waals surface area (Å²) in [6, 6.07) is 17.0. The zero-order valence-electron chi connectivity index (χ0n) is 12.3. The van der Waals surface area contributed by atoms with Crippen LogP contribution in [0.3, 0.4) is 0 Å². The van der Waals surface area contributed by atoms with Gasteiger partial charge in [0.05, 0.1) is 17.7 Å². The van der Waals surface area contributed by atoms with Gasteiger partial charge in [-0.05, 0) is 37.1 Å². The quantitative estimate of drug-likeness (QED) is 0.768. The molecule has 1 N–H and O–H groups in total. The first-order chi connectivity index (χ1) is 10.3. The molecule has 3 nitrogen and oxygen atoms in total. The van der Waals surface area contributed by atoms with Crippen molar-refractivity contribution in [1.82, 2.24) is 9.55 Å². The van der Waals surface area contributed by atoms with Gasteiger partial charge in [-0.25, -0.2) is 4.98 Å². The molecule has 0 aliphatic carbocycles. The summed E-state index contributed by atoms with van der Waals surface area (Å²) in [5, 5.41) is 3.61. The topological polar surface area (TPSA) is 29.9 Å². The number of para-hydroxylation sites is 2. The molecule has 0 amide bonds. The Morgan fingerprint density at radius 1 is 1.05 bits per heavy atom. The van der Waals surface area contributed by atoms with E-state index in [4.69, 9.17) is 0 Å². The van der Waals surface area contributed by atoms with Gasteiger partial charge in [-0.15, -0.1) is 0 Å². The van der Waals surface area contributed by atoms with Gasteiger partial charge in [0, 0.05) is 18.4 Å². The monoisotopic (exact) mass is 277 g/mol. The van der Waals surface area contributed by atoms with Crippen LogP contribution in [0, 0.1) is 6.92 Å². The molecule has 0 fully saturated rings. The minimum Gasteiger partial charge on any atom is -0.377 e. The van der Waals surface area contributed by atoms with Gasteiger partial charge in [0.1, 0.15) is 0 Å². The van der Waals surface area contributed by atoms with Crippen molar-refractivity contribution in [2.75, 3.05) is 5.32 Å². The normalized spacial score (nSPS) is 12.1. The van der Waals surface area contributed by atoms with Crippen molar-refractivity contribution in [3.05, 3.63) is 78.4 Å². The highest BCUT2D eigenvalue weighted by Gasteiger charge is 2.10. The molecule has 0 aliphatic heterocycles. The molecule has 1 heterocycles. The lowest BCUT2D eigenvalue weighted by atomic mass is 10.0. The molecule has 0 radical (unpaired) electrons. The molecule has 1 aromatic heterocycles. The fourth-order valence-corrected chi connectivity index (χ4v) is 2.61. The zero-order valence-corrected chi connectivity index (χ0v) is 12.3. The van der Waals surface area contributed by atoms with Crippen LogP contribution >= 0.6 is 0 Å². The second-order valence-electron chi connectivity index (χ2n) is 5.21. The summed E-state index contributed by atoms with van der Waals surface area (Å²) >= 11 is 0. The Balaban J connectivity index is 1.91. The number of aryl methyl sites for hydroxylation is 1. The van der Waals surface area contributed by atoms with Crippen molar-refractivity contribution in [1.29, 1.82) is 0 Å². The van der Waals surface area contributed by atoms with Crippen LogP contribution in [-0.4, -0.2) is 9.55 Å². The first-order valence-electron chi connectivity index (χ1n) is 7.15. The molecule has 21 heavy (non-hydrogen) atoms. The standard InChI is InChI=1S/C18H19N3/c1-14-7-3-4-8-16(14)15(2)20-17-9-5-6-10-18(17)21-12-11-19-13-21/h3-13,15,20H,1-2H3. The Bertz CT molecular complexity index is 717. The number of benzene rings is 2. The Morgan fingerprint density at radius 3 is 2.57 bits per heavy atom. The predicted octanol–water partition coefficient (Wildman–Crippen LogP) is 4.35. The fourth-order valence-electron chi connectivity index (χ4n) is 2.61. The van der Waals surface area contributed by atoms with Crippen LogP contribution in [0.5, 0.6) is 0 Å². The van der Waals surface area contributed by atoms with Gasteiger partial charge >= 0.3 is 0 Å². The maximum atomic E-state index is 4.13. The smallest absolute Gasteiger partial charge is 0.0992 e. The van der Waals surface area contributed by atoms with E-state index in [1.807, 2.05) is 29.2 Å². The third kappa shape index (κ3) is 2.82. The van der Waals surface area contributed by atoms with Crippen molar-refractivity contribution in [2.24, 2.45) is 0 Å². The number of hydrogen-bond donors (Lipinski definition) is 1. The van der Waals surface area contributed by atoms with Gasteiger partial charge in [0.15, 0.2) is 0 Å². The fraction of sp³-hybridized carbons (Fsp3) is 0.167. The minimum absolute atomic E-state index is 0.246. The minimum atomic E-state index is 0.246. The number of nitrogens with zero attached hydrogens (tertiary/aromatic N) is 2. The summed E-state index contributed by atoms with van der Waals surface area (Å²) in [5.74, 6) is 0. The van der Waals surface area contributed by atoms with E-state index in [1.54, 1.807) is 6.20 Å². The molecular formula is C18H19N3. The van der Waals surface area contributed by atoms with E-state index >= 15 is 0 Å². The lowest BCUT2D eigenvalue weighted by molar-refractivity contribution is 0.869. The Labute approximate surface area is 125 Å². The van der Waals surface area contributed by atoms with Crippen LogP contribution in [0.25, 0.3) is 5.69 Å². The number of hydrogen-bond acceptors (Lipinski definition) is 2. The maximum absolute atomic E-state index is 4.13. The highest BCUT2D eigenvalue weighted by Crippen LogP contribution is 2.26. The van der Waals surface area contributed by atoms with Gasteiger partial charge in [0.25, 0.3) is 0 Å². The summed E-state index contributed by atoms with van der Waals surface area (Å²) in [7, 11) is 0. The second-order valence-corrected chi connectivity index (χ2v) is 5.21. The Hall–Kier alpha value is -2.55. The Morgan fingerprint density at radius 2 is 1.81 bits per heavy atom. The van der Waals surface area contributed by atoms with Crippen molar-refractivity contribution in [3.63, 3.8) is 0 Å². The first-order valence-corrected chi connectivity index (χ1v) is 7.15. The average molecular weight is 277 g/mol. The molecule has 0 saturated carbocycles. The summed E-state index contributed by atoms with van der Waals surface area (Å²) in [6.07, 6.45) is 5.57. The van der Waals surface area contributed by atoms with E-state index in [9.17, 15) is 0 Å². The lowest BCUT2D eigenvalue weighted by Gasteiger charge is -2.20. The highest BCUT2D eigenvalue weighted by atomic mass is 15.1. The van der Waals surface area contributed by atoms with Crippen LogP contribution in [0.4, 0.5) is 5.69 Å². The summed E-state index contributed by atoms with van der Waals surface area (Å²) < 4.78 is 2.02. The molecule has 3 aromatic rings. The van der Waals surface area contributed by atoms with Crippen molar-refractivity contribution in [2.45, 2.75) is 19.9 Å². The summed E-state index contributed by atoms with van der Waals surface area (Å²) in [6.45, 7) is 4.34. The van der Waals surface area contributed by atoms with E-state index in [1.165, 1.54) is 11.1 Å². The summed E-state index contributed by atoms with van der Waals surface area (Å²) in [4.78, 5) is 4.13.